The lowest BCUT2D eigenvalue weighted by Gasteiger charge is -2.21. The SMILES string of the molecule is Cc1c(-c2ccccc2)oc2c([C@@H](C)Nc3cccnc3-c3n[nH][nH]3)cc(C(F)(F)F)cc2c1=O. The number of hydrogen-bond acceptors (Lipinski definition) is 5. The van der Waals surface area contributed by atoms with Crippen LogP contribution in [0.2, 0.25) is 0 Å². The Hall–Kier alpha value is -4.34. The summed E-state index contributed by atoms with van der Waals surface area (Å²) in [5.41, 5.74) is 0.809. The van der Waals surface area contributed by atoms with Crippen LogP contribution in [0.25, 0.3) is 33.8 Å². The lowest BCUT2D eigenvalue weighted by Crippen LogP contribution is -2.16. The minimum atomic E-state index is -4.64. The van der Waals surface area contributed by atoms with Crippen LogP contribution in [0.5, 0.6) is 0 Å². The van der Waals surface area contributed by atoms with Gasteiger partial charge in [0.2, 0.25) is 0 Å². The Bertz CT molecular complexity index is 1560. The van der Waals surface area contributed by atoms with Gasteiger partial charge in [-0.3, -0.25) is 14.9 Å². The number of hydrogen-bond donors (Lipinski definition) is 3. The molecule has 10 heteroatoms. The van der Waals surface area contributed by atoms with Crippen LogP contribution in [0.1, 0.15) is 29.7 Å². The molecule has 0 spiro atoms. The Morgan fingerprint density at radius 2 is 1.83 bits per heavy atom. The van der Waals surface area contributed by atoms with E-state index >= 15 is 0 Å². The summed E-state index contributed by atoms with van der Waals surface area (Å²) in [6.45, 7) is 3.25. The van der Waals surface area contributed by atoms with Crippen molar-refractivity contribution < 1.29 is 17.6 Å². The highest BCUT2D eigenvalue weighted by Crippen LogP contribution is 2.37. The highest BCUT2D eigenvalue weighted by molar-refractivity contribution is 5.85. The first kappa shape index (κ1) is 22.5. The average molecular weight is 479 g/mol. The van der Waals surface area contributed by atoms with Crippen molar-refractivity contribution in [3.63, 3.8) is 0 Å². The molecule has 0 aliphatic heterocycles. The molecular formula is C25H20F3N5O2. The number of halogens is 3. The molecule has 1 atom stereocenters. The molecule has 0 saturated heterocycles. The number of benzene rings is 2. The van der Waals surface area contributed by atoms with E-state index in [4.69, 9.17) is 4.42 Å². The predicted octanol–water partition coefficient (Wildman–Crippen LogP) is 6.07. The maximum atomic E-state index is 13.8. The van der Waals surface area contributed by atoms with Gasteiger partial charge < -0.3 is 9.73 Å². The first-order valence-electron chi connectivity index (χ1n) is 10.8. The molecule has 0 radical (unpaired) electrons. The van der Waals surface area contributed by atoms with Crippen molar-refractivity contribution in [2.45, 2.75) is 26.1 Å². The van der Waals surface area contributed by atoms with E-state index in [1.54, 1.807) is 56.4 Å². The molecule has 0 aliphatic rings. The van der Waals surface area contributed by atoms with Crippen LogP contribution in [0.3, 0.4) is 0 Å². The predicted molar refractivity (Wildman–Crippen MR) is 126 cm³/mol. The largest absolute Gasteiger partial charge is 0.455 e. The number of anilines is 1. The number of rotatable bonds is 5. The average Bonchev–Trinajstić information content (AvgIpc) is 2.80. The summed E-state index contributed by atoms with van der Waals surface area (Å²) in [5.74, 6) is 0.806. The number of fused-ring (bicyclic) bond motifs is 1. The van der Waals surface area contributed by atoms with Crippen LogP contribution >= 0.6 is 0 Å². The molecule has 5 aromatic rings. The fourth-order valence-corrected chi connectivity index (χ4v) is 4.01. The van der Waals surface area contributed by atoms with Crippen molar-refractivity contribution >= 4 is 16.7 Å². The monoisotopic (exact) mass is 479 g/mol. The van der Waals surface area contributed by atoms with Crippen LogP contribution in [0.4, 0.5) is 18.9 Å². The van der Waals surface area contributed by atoms with E-state index in [1.165, 1.54) is 0 Å². The number of aromatic nitrogens is 4. The van der Waals surface area contributed by atoms with Crippen LogP contribution in [0, 0.1) is 6.92 Å². The van der Waals surface area contributed by atoms with Crippen molar-refractivity contribution in [3.8, 4) is 22.8 Å². The topological polar surface area (TPSA) is 99.6 Å². The number of H-pyrrole nitrogens is 2. The van der Waals surface area contributed by atoms with Crippen LogP contribution in [-0.2, 0) is 6.18 Å². The Labute approximate surface area is 197 Å². The number of pyridine rings is 1. The molecule has 178 valence electrons. The Morgan fingerprint density at radius 1 is 1.09 bits per heavy atom. The third-order valence-electron chi connectivity index (χ3n) is 5.82. The van der Waals surface area contributed by atoms with Crippen molar-refractivity contribution in [3.05, 3.63) is 87.7 Å². The van der Waals surface area contributed by atoms with E-state index in [9.17, 15) is 18.0 Å². The van der Waals surface area contributed by atoms with Gasteiger partial charge in [-0.15, -0.1) is 5.10 Å². The van der Waals surface area contributed by atoms with Gasteiger partial charge >= 0.3 is 6.18 Å². The molecule has 3 aromatic heterocycles. The zero-order valence-electron chi connectivity index (χ0n) is 18.7. The lowest BCUT2D eigenvalue weighted by atomic mass is 9.98. The quantitative estimate of drug-likeness (QED) is 0.284. The van der Waals surface area contributed by atoms with Gasteiger partial charge in [0.1, 0.15) is 17.0 Å². The third-order valence-corrected chi connectivity index (χ3v) is 5.82. The van der Waals surface area contributed by atoms with Gasteiger partial charge in [-0.2, -0.15) is 13.2 Å². The minimum absolute atomic E-state index is 0.0960. The van der Waals surface area contributed by atoms with Crippen molar-refractivity contribution in [1.29, 1.82) is 0 Å². The summed E-state index contributed by atoms with van der Waals surface area (Å²) in [5, 5.41) is 12.4. The molecule has 0 saturated carbocycles. The number of nitrogens with zero attached hydrogens (tertiary/aromatic N) is 2. The second-order valence-electron chi connectivity index (χ2n) is 8.15. The number of alkyl halides is 3. The number of nitrogens with one attached hydrogen (secondary N) is 3. The summed E-state index contributed by atoms with van der Waals surface area (Å²) in [4.78, 5) is 17.5. The normalized spacial score (nSPS) is 12.7. The van der Waals surface area contributed by atoms with Gasteiger partial charge in [0.05, 0.1) is 22.7 Å². The van der Waals surface area contributed by atoms with Gasteiger partial charge in [-0.25, -0.2) is 5.21 Å². The van der Waals surface area contributed by atoms with E-state index in [-0.39, 0.29) is 22.1 Å². The molecule has 0 unspecified atom stereocenters. The van der Waals surface area contributed by atoms with Crippen LogP contribution in [-0.4, -0.2) is 20.4 Å². The molecule has 0 amide bonds. The summed E-state index contributed by atoms with van der Waals surface area (Å²) in [7, 11) is 0. The number of aromatic amines is 2. The van der Waals surface area contributed by atoms with E-state index in [0.29, 0.717) is 28.5 Å². The summed E-state index contributed by atoms with van der Waals surface area (Å²) >= 11 is 0. The van der Waals surface area contributed by atoms with Crippen molar-refractivity contribution in [2.24, 2.45) is 0 Å². The molecule has 0 fully saturated rings. The summed E-state index contributed by atoms with van der Waals surface area (Å²) < 4.78 is 47.5. The maximum absolute atomic E-state index is 13.8. The second-order valence-corrected chi connectivity index (χ2v) is 8.15. The Morgan fingerprint density at radius 3 is 2.49 bits per heavy atom. The fraction of sp³-hybridized carbons (Fsp3) is 0.160. The molecule has 0 aliphatic carbocycles. The lowest BCUT2D eigenvalue weighted by molar-refractivity contribution is -0.137. The first-order valence-corrected chi connectivity index (χ1v) is 10.8. The Kier molecular flexibility index (Phi) is 5.43. The highest BCUT2D eigenvalue weighted by atomic mass is 19.4. The summed E-state index contributed by atoms with van der Waals surface area (Å²) in [6.07, 6.45) is -3.06. The van der Waals surface area contributed by atoms with E-state index < -0.39 is 23.2 Å². The molecule has 2 aromatic carbocycles. The Balaban J connectivity index is 1.71. The smallest absolute Gasteiger partial charge is 0.416 e. The molecule has 3 heterocycles. The van der Waals surface area contributed by atoms with Gasteiger partial charge in [0.25, 0.3) is 0 Å². The van der Waals surface area contributed by atoms with Crippen molar-refractivity contribution in [1.82, 2.24) is 20.4 Å². The highest BCUT2D eigenvalue weighted by Gasteiger charge is 2.33. The molecule has 7 nitrogen and oxygen atoms in total. The zero-order valence-corrected chi connectivity index (χ0v) is 18.7. The molecule has 0 bridgehead atoms. The molecule has 35 heavy (non-hydrogen) atoms. The fourth-order valence-electron chi connectivity index (χ4n) is 4.01. The van der Waals surface area contributed by atoms with E-state index in [2.05, 4.69) is 25.7 Å². The molecule has 3 N–H and O–H groups in total. The minimum Gasteiger partial charge on any atom is -0.455 e. The molecular weight excluding hydrogens is 459 g/mol. The van der Waals surface area contributed by atoms with Gasteiger partial charge in [0, 0.05) is 22.9 Å². The first-order chi connectivity index (χ1) is 16.7. The summed E-state index contributed by atoms with van der Waals surface area (Å²) in [6, 6.07) is 13.6. The van der Waals surface area contributed by atoms with Gasteiger partial charge in [-0.05, 0) is 38.1 Å². The van der Waals surface area contributed by atoms with Crippen LogP contribution < -0.4 is 10.7 Å². The molecule has 5 rings (SSSR count). The van der Waals surface area contributed by atoms with Crippen molar-refractivity contribution in [2.75, 3.05) is 5.32 Å². The van der Waals surface area contributed by atoms with Gasteiger partial charge in [0.15, 0.2) is 11.3 Å². The standard InChI is InChI=1S/C25H20F3N5O2/c1-13-21(34)18-12-16(25(26,27)28)11-17(23(18)35-22(13)15-7-4-3-5-8-15)14(2)30-19-9-6-10-29-20(19)24-31-33-32-24/h3-12,14,30,33H,1-2H3,(H,31,32)/t14-/m1/s1. The third kappa shape index (κ3) is 4.07. The van der Waals surface area contributed by atoms with E-state index in [1.807, 2.05) is 6.07 Å². The maximum Gasteiger partial charge on any atom is 0.416 e. The van der Waals surface area contributed by atoms with E-state index in [0.717, 1.165) is 12.1 Å². The second kappa shape index (κ2) is 8.46. The van der Waals surface area contributed by atoms with Crippen LogP contribution in [0.15, 0.2) is 70.0 Å². The zero-order chi connectivity index (χ0) is 24.7. The van der Waals surface area contributed by atoms with Gasteiger partial charge in [-0.1, -0.05) is 30.3 Å².